The third-order valence-electron chi connectivity index (χ3n) is 5.79. The Morgan fingerprint density at radius 2 is 1.63 bits per heavy atom. The van der Waals surface area contributed by atoms with Crippen LogP contribution in [0.1, 0.15) is 22.3 Å². The molecule has 9 heteroatoms. The molecule has 0 aliphatic carbocycles. The number of carboxylic acids is 1. The molecule has 178 valence electrons. The second kappa shape index (κ2) is 10.1. The molecule has 3 amide bonds. The summed E-state index contributed by atoms with van der Waals surface area (Å²) in [5, 5.41) is 19.5. The van der Waals surface area contributed by atoms with Gasteiger partial charge in [0.05, 0.1) is 17.8 Å². The highest BCUT2D eigenvalue weighted by atomic mass is 16.4. The van der Waals surface area contributed by atoms with Gasteiger partial charge in [-0.15, -0.1) is 0 Å². The maximum absolute atomic E-state index is 13.0. The van der Waals surface area contributed by atoms with E-state index in [4.69, 9.17) is 16.2 Å². The molecule has 3 aromatic rings. The lowest BCUT2D eigenvalue weighted by Gasteiger charge is -2.22. The van der Waals surface area contributed by atoms with Crippen LogP contribution in [0.25, 0.3) is 11.1 Å². The number of carbonyl (C=O) groups is 3. The maximum Gasteiger partial charge on any atom is 0.324 e. The Balaban J connectivity index is 1.67. The zero-order chi connectivity index (χ0) is 24.9. The zero-order valence-electron chi connectivity index (χ0n) is 18.9. The van der Waals surface area contributed by atoms with Crippen molar-refractivity contribution in [3.05, 3.63) is 83.9 Å². The fourth-order valence-corrected chi connectivity index (χ4v) is 3.92. The van der Waals surface area contributed by atoms with Gasteiger partial charge >= 0.3 is 12.0 Å². The number of nitrogen functional groups attached to an aromatic ring is 1. The summed E-state index contributed by atoms with van der Waals surface area (Å²) in [5.74, 6) is -1.31. The van der Waals surface area contributed by atoms with Crippen LogP contribution in [-0.2, 0) is 4.79 Å². The molecule has 0 radical (unpaired) electrons. The van der Waals surface area contributed by atoms with Crippen LogP contribution in [0.3, 0.4) is 0 Å². The van der Waals surface area contributed by atoms with Crippen LogP contribution in [0.4, 0.5) is 16.2 Å². The number of anilines is 2. The number of amides is 3. The number of aliphatic carboxylic acids is 1. The molecule has 1 aliphatic rings. The van der Waals surface area contributed by atoms with E-state index in [1.165, 1.54) is 4.90 Å². The Bertz CT molecular complexity index is 1270. The molecule has 0 atom stereocenters. The predicted molar refractivity (Wildman–Crippen MR) is 134 cm³/mol. The number of rotatable bonds is 8. The molecule has 1 aliphatic heterocycles. The molecule has 35 heavy (non-hydrogen) atoms. The van der Waals surface area contributed by atoms with Gasteiger partial charge < -0.3 is 21.1 Å². The molecule has 5 N–H and O–H groups in total. The second-order valence-electron chi connectivity index (χ2n) is 8.11. The van der Waals surface area contributed by atoms with Crippen LogP contribution in [0.5, 0.6) is 0 Å². The summed E-state index contributed by atoms with van der Waals surface area (Å²) in [6, 6.07) is 21.1. The fraction of sp³-hybridized carbons (Fsp3) is 0.154. The Labute approximate surface area is 202 Å². The normalized spacial score (nSPS) is 13.1. The van der Waals surface area contributed by atoms with Gasteiger partial charge in [0.1, 0.15) is 5.84 Å². The highest BCUT2D eigenvalue weighted by molar-refractivity contribution is 6.08. The molecule has 0 spiro atoms. The first kappa shape index (κ1) is 23.5. The van der Waals surface area contributed by atoms with Crippen molar-refractivity contribution in [1.29, 1.82) is 5.41 Å². The summed E-state index contributed by atoms with van der Waals surface area (Å²) in [4.78, 5) is 39.9. The number of hydrogen-bond donors (Lipinski definition) is 4. The van der Waals surface area contributed by atoms with E-state index >= 15 is 0 Å². The van der Waals surface area contributed by atoms with Crippen LogP contribution in [0, 0.1) is 5.41 Å². The second-order valence-corrected chi connectivity index (χ2v) is 8.11. The van der Waals surface area contributed by atoms with Gasteiger partial charge in [-0.2, -0.15) is 0 Å². The van der Waals surface area contributed by atoms with Crippen molar-refractivity contribution in [1.82, 2.24) is 4.90 Å². The summed E-state index contributed by atoms with van der Waals surface area (Å²) < 4.78 is 0. The summed E-state index contributed by atoms with van der Waals surface area (Å²) in [5.41, 5.74) is 9.28. The Hall–Kier alpha value is -4.66. The standard InChI is InChI=1S/C26H25N5O4/c27-24(28)18-8-6-17(7-9-18)20-10-11-22(31-15-14-30(26(31)35)13-12-23(32)33)21(16-20)29-25(34)19-4-2-1-3-5-19/h1-11,16H,12-15H2,(H3,27,28)(H,29,34)(H,32,33). The number of benzene rings is 3. The van der Waals surface area contributed by atoms with Gasteiger partial charge in [-0.3, -0.25) is 19.9 Å². The number of nitrogens with zero attached hydrogens (tertiary/aromatic N) is 2. The third kappa shape index (κ3) is 5.30. The molecule has 1 fully saturated rings. The van der Waals surface area contributed by atoms with E-state index in [1.807, 2.05) is 24.3 Å². The van der Waals surface area contributed by atoms with Gasteiger partial charge in [-0.1, -0.05) is 48.5 Å². The number of carbonyl (C=O) groups excluding carboxylic acids is 2. The van der Waals surface area contributed by atoms with Crippen molar-refractivity contribution in [2.24, 2.45) is 5.73 Å². The lowest BCUT2D eigenvalue weighted by molar-refractivity contribution is -0.137. The lowest BCUT2D eigenvalue weighted by atomic mass is 10.0. The number of hydrogen-bond acceptors (Lipinski definition) is 4. The average molecular weight is 472 g/mol. The summed E-state index contributed by atoms with van der Waals surface area (Å²) in [6.07, 6.45) is -0.133. The van der Waals surface area contributed by atoms with Crippen molar-refractivity contribution >= 4 is 35.1 Å². The Morgan fingerprint density at radius 3 is 2.29 bits per heavy atom. The minimum atomic E-state index is -0.966. The van der Waals surface area contributed by atoms with Crippen LogP contribution in [0.15, 0.2) is 72.8 Å². The van der Waals surface area contributed by atoms with E-state index < -0.39 is 5.97 Å². The maximum atomic E-state index is 13.0. The van der Waals surface area contributed by atoms with Crippen molar-refractivity contribution in [2.75, 3.05) is 29.9 Å². The van der Waals surface area contributed by atoms with Crippen molar-refractivity contribution in [2.45, 2.75) is 6.42 Å². The molecule has 3 aromatic carbocycles. The molecule has 1 saturated heterocycles. The SMILES string of the molecule is N=C(N)c1ccc(-c2ccc(N3CCN(CCC(=O)O)C3=O)c(NC(=O)c3ccccc3)c2)cc1. The first-order valence-electron chi connectivity index (χ1n) is 11.1. The zero-order valence-corrected chi connectivity index (χ0v) is 18.9. The van der Waals surface area contributed by atoms with E-state index in [0.717, 1.165) is 11.1 Å². The first-order chi connectivity index (χ1) is 16.8. The summed E-state index contributed by atoms with van der Waals surface area (Å²) >= 11 is 0. The molecule has 0 bridgehead atoms. The number of carboxylic acid groups (broad SMARTS) is 1. The van der Waals surface area contributed by atoms with Crippen LogP contribution in [0.2, 0.25) is 0 Å². The predicted octanol–water partition coefficient (Wildman–Crippen LogP) is 3.61. The van der Waals surface area contributed by atoms with Crippen LogP contribution >= 0.6 is 0 Å². The summed E-state index contributed by atoms with van der Waals surface area (Å²) in [6.45, 7) is 0.892. The number of urea groups is 1. The molecular formula is C26H25N5O4. The van der Waals surface area contributed by atoms with Gasteiger partial charge in [0.2, 0.25) is 0 Å². The van der Waals surface area contributed by atoms with Gasteiger partial charge in [0.15, 0.2) is 0 Å². The van der Waals surface area contributed by atoms with E-state index in [9.17, 15) is 14.4 Å². The van der Waals surface area contributed by atoms with Gasteiger partial charge in [-0.05, 0) is 35.4 Å². The van der Waals surface area contributed by atoms with Gasteiger partial charge in [0, 0.05) is 30.8 Å². The average Bonchev–Trinajstić information content (AvgIpc) is 3.23. The van der Waals surface area contributed by atoms with Crippen molar-refractivity contribution < 1.29 is 19.5 Å². The van der Waals surface area contributed by atoms with E-state index in [2.05, 4.69) is 5.32 Å². The van der Waals surface area contributed by atoms with Gasteiger partial charge in [0.25, 0.3) is 5.91 Å². The lowest BCUT2D eigenvalue weighted by Crippen LogP contribution is -2.33. The smallest absolute Gasteiger partial charge is 0.324 e. The molecule has 9 nitrogen and oxygen atoms in total. The van der Waals surface area contributed by atoms with E-state index in [1.54, 1.807) is 53.4 Å². The molecule has 0 saturated carbocycles. The minimum Gasteiger partial charge on any atom is -0.481 e. The van der Waals surface area contributed by atoms with Crippen LogP contribution < -0.4 is 16.0 Å². The third-order valence-corrected chi connectivity index (χ3v) is 5.79. The monoisotopic (exact) mass is 471 g/mol. The fourth-order valence-electron chi connectivity index (χ4n) is 3.92. The Kier molecular flexibility index (Phi) is 6.77. The number of amidine groups is 1. The van der Waals surface area contributed by atoms with Gasteiger partial charge in [-0.25, -0.2) is 4.79 Å². The molecule has 1 heterocycles. The quantitative estimate of drug-likeness (QED) is 0.294. The minimum absolute atomic E-state index is 0.0253. The molecule has 4 rings (SSSR count). The van der Waals surface area contributed by atoms with E-state index in [0.29, 0.717) is 35.6 Å². The number of nitrogens with one attached hydrogen (secondary N) is 2. The summed E-state index contributed by atoms with van der Waals surface area (Å²) in [7, 11) is 0. The first-order valence-corrected chi connectivity index (χ1v) is 11.1. The van der Waals surface area contributed by atoms with E-state index in [-0.39, 0.29) is 30.7 Å². The highest BCUT2D eigenvalue weighted by Crippen LogP contribution is 2.34. The number of nitrogens with two attached hydrogens (primary N) is 1. The Morgan fingerprint density at radius 1 is 0.943 bits per heavy atom. The topological polar surface area (TPSA) is 140 Å². The largest absolute Gasteiger partial charge is 0.481 e. The van der Waals surface area contributed by atoms with Crippen molar-refractivity contribution in [3.8, 4) is 11.1 Å². The molecule has 0 aromatic heterocycles. The molecule has 0 unspecified atom stereocenters. The van der Waals surface area contributed by atoms with Crippen LogP contribution in [-0.4, -0.2) is 53.4 Å². The van der Waals surface area contributed by atoms with Crippen molar-refractivity contribution in [3.63, 3.8) is 0 Å². The molecular weight excluding hydrogens is 446 g/mol. The highest BCUT2D eigenvalue weighted by Gasteiger charge is 2.31.